The summed E-state index contributed by atoms with van der Waals surface area (Å²) in [5, 5.41) is 23.5. The van der Waals surface area contributed by atoms with Crippen LogP contribution in [0.2, 0.25) is 0 Å². The number of nitrogens with one attached hydrogen (secondary N) is 1. The lowest BCUT2D eigenvalue weighted by Gasteiger charge is -2.15. The second-order valence-corrected chi connectivity index (χ2v) is 4.20. The van der Waals surface area contributed by atoms with Crippen molar-refractivity contribution in [2.75, 3.05) is 5.32 Å². The lowest BCUT2D eigenvalue weighted by Crippen LogP contribution is -2.13. The van der Waals surface area contributed by atoms with Crippen LogP contribution in [0.1, 0.15) is 40.3 Å². The highest BCUT2D eigenvalue weighted by Gasteiger charge is 2.19. The molecule has 1 atom stereocenters. The Morgan fingerprint density at radius 2 is 2.21 bits per heavy atom. The molecule has 0 fully saturated rings. The van der Waals surface area contributed by atoms with Gasteiger partial charge >= 0.3 is 5.97 Å². The van der Waals surface area contributed by atoms with Crippen molar-refractivity contribution in [2.24, 2.45) is 0 Å². The highest BCUT2D eigenvalue weighted by atomic mass is 16.5. The standard InChI is InChI=1S/C12H14N4O3/c1-6(10-7(2)16-19-8(10)3)14-11-9(12(17)18)4-5-13-15-11/h4-6H,1-3H3,(H,14,15)(H,17,18). The molecule has 0 aromatic carbocycles. The maximum atomic E-state index is 11.1. The van der Waals surface area contributed by atoms with E-state index in [1.165, 1.54) is 12.3 Å². The van der Waals surface area contributed by atoms with Gasteiger partial charge in [-0.25, -0.2) is 4.79 Å². The quantitative estimate of drug-likeness (QED) is 0.868. The summed E-state index contributed by atoms with van der Waals surface area (Å²) in [6.45, 7) is 5.52. The van der Waals surface area contributed by atoms with Crippen molar-refractivity contribution in [3.8, 4) is 0 Å². The number of aromatic carboxylic acids is 1. The molecular formula is C12H14N4O3. The van der Waals surface area contributed by atoms with Gasteiger partial charge in [-0.15, -0.1) is 5.10 Å². The average Bonchev–Trinajstić information content (AvgIpc) is 2.69. The van der Waals surface area contributed by atoms with Gasteiger partial charge in [0.15, 0.2) is 5.82 Å². The maximum Gasteiger partial charge on any atom is 0.339 e. The Balaban J connectivity index is 2.29. The Morgan fingerprint density at radius 3 is 2.79 bits per heavy atom. The van der Waals surface area contributed by atoms with Gasteiger partial charge in [-0.1, -0.05) is 5.16 Å². The molecule has 2 heterocycles. The van der Waals surface area contributed by atoms with Crippen molar-refractivity contribution in [2.45, 2.75) is 26.8 Å². The summed E-state index contributed by atoms with van der Waals surface area (Å²) in [6, 6.07) is 1.22. The van der Waals surface area contributed by atoms with Crippen molar-refractivity contribution in [3.05, 3.63) is 34.8 Å². The zero-order valence-electron chi connectivity index (χ0n) is 10.8. The number of hydrogen-bond acceptors (Lipinski definition) is 6. The second kappa shape index (κ2) is 5.05. The van der Waals surface area contributed by atoms with Gasteiger partial charge in [0.1, 0.15) is 11.3 Å². The van der Waals surface area contributed by atoms with Crippen molar-refractivity contribution in [3.63, 3.8) is 0 Å². The Morgan fingerprint density at radius 1 is 1.47 bits per heavy atom. The van der Waals surface area contributed by atoms with Crippen LogP contribution < -0.4 is 5.32 Å². The fourth-order valence-electron chi connectivity index (χ4n) is 2.00. The van der Waals surface area contributed by atoms with E-state index in [4.69, 9.17) is 9.63 Å². The molecule has 0 aliphatic carbocycles. The molecule has 0 aliphatic heterocycles. The summed E-state index contributed by atoms with van der Waals surface area (Å²) in [5.41, 5.74) is 1.73. The summed E-state index contributed by atoms with van der Waals surface area (Å²) in [7, 11) is 0. The topological polar surface area (TPSA) is 101 Å². The zero-order chi connectivity index (χ0) is 14.0. The van der Waals surface area contributed by atoms with Gasteiger partial charge in [-0.2, -0.15) is 5.10 Å². The van der Waals surface area contributed by atoms with Crippen LogP contribution >= 0.6 is 0 Å². The van der Waals surface area contributed by atoms with Gasteiger partial charge in [0.05, 0.1) is 17.9 Å². The first-order valence-electron chi connectivity index (χ1n) is 5.75. The van der Waals surface area contributed by atoms with Crippen molar-refractivity contribution >= 4 is 11.8 Å². The lowest BCUT2D eigenvalue weighted by molar-refractivity contribution is 0.0697. The van der Waals surface area contributed by atoms with Gasteiger partial charge in [0.2, 0.25) is 0 Å². The predicted molar refractivity (Wildman–Crippen MR) is 67.0 cm³/mol. The van der Waals surface area contributed by atoms with Gasteiger partial charge in [-0.3, -0.25) is 0 Å². The summed E-state index contributed by atoms with van der Waals surface area (Å²) >= 11 is 0. The average molecular weight is 262 g/mol. The van der Waals surface area contributed by atoms with Crippen molar-refractivity contribution in [1.29, 1.82) is 0 Å². The third kappa shape index (κ3) is 2.54. The van der Waals surface area contributed by atoms with Crippen LogP contribution in [-0.4, -0.2) is 26.4 Å². The molecule has 0 spiro atoms. The van der Waals surface area contributed by atoms with Gasteiger partial charge in [-0.05, 0) is 26.8 Å². The molecule has 7 nitrogen and oxygen atoms in total. The van der Waals surface area contributed by atoms with E-state index in [2.05, 4.69) is 20.7 Å². The van der Waals surface area contributed by atoms with Crippen LogP contribution in [0.3, 0.4) is 0 Å². The van der Waals surface area contributed by atoms with E-state index in [9.17, 15) is 4.79 Å². The molecule has 2 aromatic rings. The number of aromatic nitrogens is 3. The summed E-state index contributed by atoms with van der Waals surface area (Å²) in [6.07, 6.45) is 1.34. The first-order chi connectivity index (χ1) is 9.00. The van der Waals surface area contributed by atoms with E-state index in [-0.39, 0.29) is 17.4 Å². The minimum atomic E-state index is -1.05. The number of anilines is 1. The number of nitrogens with zero attached hydrogens (tertiary/aromatic N) is 3. The molecule has 2 rings (SSSR count). The highest BCUT2D eigenvalue weighted by molar-refractivity contribution is 5.92. The summed E-state index contributed by atoms with van der Waals surface area (Å²) < 4.78 is 5.09. The third-order valence-electron chi connectivity index (χ3n) is 2.83. The van der Waals surface area contributed by atoms with Crippen LogP contribution in [0.15, 0.2) is 16.8 Å². The minimum Gasteiger partial charge on any atom is -0.478 e. The normalized spacial score (nSPS) is 12.2. The van der Waals surface area contributed by atoms with E-state index in [1.807, 2.05) is 20.8 Å². The SMILES string of the molecule is Cc1noc(C)c1C(C)Nc1nnccc1C(=O)O. The molecule has 1 unspecified atom stereocenters. The first-order valence-corrected chi connectivity index (χ1v) is 5.75. The second-order valence-electron chi connectivity index (χ2n) is 4.20. The van der Waals surface area contributed by atoms with E-state index in [1.54, 1.807) is 0 Å². The Bertz CT molecular complexity index is 589. The number of carboxylic acids is 1. The van der Waals surface area contributed by atoms with Crippen LogP contribution in [0, 0.1) is 13.8 Å². The van der Waals surface area contributed by atoms with E-state index >= 15 is 0 Å². The largest absolute Gasteiger partial charge is 0.478 e. The van der Waals surface area contributed by atoms with Gasteiger partial charge in [0, 0.05) is 5.56 Å². The molecule has 0 aliphatic rings. The zero-order valence-corrected chi connectivity index (χ0v) is 10.8. The smallest absolute Gasteiger partial charge is 0.339 e. The molecule has 0 radical (unpaired) electrons. The molecule has 0 amide bonds. The molecule has 100 valence electrons. The third-order valence-corrected chi connectivity index (χ3v) is 2.83. The minimum absolute atomic E-state index is 0.0774. The number of carboxylic acid groups (broad SMARTS) is 1. The monoisotopic (exact) mass is 262 g/mol. The molecule has 0 saturated heterocycles. The molecular weight excluding hydrogens is 248 g/mol. The van der Waals surface area contributed by atoms with Crippen molar-refractivity contribution < 1.29 is 14.4 Å². The number of aryl methyl sites for hydroxylation is 2. The Hall–Kier alpha value is -2.44. The van der Waals surface area contributed by atoms with Gasteiger partial charge < -0.3 is 14.9 Å². The Labute approximate surface area is 109 Å². The predicted octanol–water partition coefficient (Wildman–Crippen LogP) is 1.95. The molecule has 0 saturated carbocycles. The fourth-order valence-corrected chi connectivity index (χ4v) is 2.00. The van der Waals surface area contributed by atoms with Gasteiger partial charge in [0.25, 0.3) is 0 Å². The lowest BCUT2D eigenvalue weighted by atomic mass is 10.1. The number of carbonyl (C=O) groups is 1. The van der Waals surface area contributed by atoms with E-state index in [0.717, 1.165) is 11.3 Å². The van der Waals surface area contributed by atoms with E-state index in [0.29, 0.717) is 5.76 Å². The van der Waals surface area contributed by atoms with Crippen LogP contribution in [0.5, 0.6) is 0 Å². The Kier molecular flexibility index (Phi) is 3.46. The molecule has 2 N–H and O–H groups in total. The molecule has 19 heavy (non-hydrogen) atoms. The van der Waals surface area contributed by atoms with E-state index < -0.39 is 5.97 Å². The molecule has 2 aromatic heterocycles. The fraction of sp³-hybridized carbons (Fsp3) is 0.333. The highest BCUT2D eigenvalue weighted by Crippen LogP contribution is 2.25. The first kappa shape index (κ1) is 13.0. The van der Waals surface area contributed by atoms with Crippen molar-refractivity contribution in [1.82, 2.24) is 15.4 Å². The number of rotatable bonds is 4. The van der Waals surface area contributed by atoms with Crippen LogP contribution in [0.25, 0.3) is 0 Å². The van der Waals surface area contributed by atoms with Crippen LogP contribution in [0.4, 0.5) is 5.82 Å². The summed E-state index contributed by atoms with van der Waals surface area (Å²) in [5.74, 6) is -0.135. The number of hydrogen-bond donors (Lipinski definition) is 2. The molecule has 0 bridgehead atoms. The maximum absolute atomic E-state index is 11.1. The molecule has 7 heteroatoms. The van der Waals surface area contributed by atoms with Crippen LogP contribution in [-0.2, 0) is 0 Å². The summed E-state index contributed by atoms with van der Waals surface area (Å²) in [4.78, 5) is 11.1.